The van der Waals surface area contributed by atoms with Gasteiger partial charge >= 0.3 is 0 Å². The Labute approximate surface area is 228 Å². The summed E-state index contributed by atoms with van der Waals surface area (Å²) in [6, 6.07) is 19.6. The summed E-state index contributed by atoms with van der Waals surface area (Å²) in [5.74, 6) is 0.563. The number of carbonyl (C=O) groups excluding carboxylic acids is 1. The van der Waals surface area contributed by atoms with E-state index in [-0.39, 0.29) is 12.5 Å². The highest BCUT2D eigenvalue weighted by atomic mass is 19.1. The van der Waals surface area contributed by atoms with Gasteiger partial charge in [0.15, 0.2) is 5.78 Å². The van der Waals surface area contributed by atoms with E-state index < -0.39 is 0 Å². The summed E-state index contributed by atoms with van der Waals surface area (Å²) in [7, 11) is 0. The van der Waals surface area contributed by atoms with E-state index in [0.717, 1.165) is 60.8 Å². The van der Waals surface area contributed by atoms with Gasteiger partial charge in [-0.2, -0.15) is 0 Å². The van der Waals surface area contributed by atoms with E-state index in [1.165, 1.54) is 5.56 Å². The standard InChI is InChI=1S/C31H33FN6O/c1-23-4-5-25(19-29(23)36-31-34-13-10-28(35-31)27-3-2-12-33-21-27)20-30(39)26-8-6-24(7-9-26)22-38-17-15-37(14-11-32)16-18-38/h2-10,12-13,19,21H,11,14-18,20,22H2,1H3,(H,34,35,36). The van der Waals surface area contributed by atoms with Crippen LogP contribution >= 0.6 is 0 Å². The molecule has 1 aliphatic heterocycles. The van der Waals surface area contributed by atoms with Crippen molar-refractivity contribution in [2.45, 2.75) is 19.9 Å². The van der Waals surface area contributed by atoms with Gasteiger partial charge in [-0.3, -0.25) is 19.6 Å². The average Bonchev–Trinajstić information content (AvgIpc) is 2.97. The molecule has 0 bridgehead atoms. The first-order chi connectivity index (χ1) is 19.1. The number of Topliss-reactive ketones (excluding diaryl/α,β-unsaturated/α-hetero) is 1. The molecule has 0 atom stereocenters. The number of aromatic nitrogens is 3. The van der Waals surface area contributed by atoms with Crippen LogP contribution in [0.3, 0.4) is 0 Å². The fourth-order valence-electron chi connectivity index (χ4n) is 4.76. The van der Waals surface area contributed by atoms with Crippen molar-refractivity contribution in [3.05, 3.63) is 102 Å². The van der Waals surface area contributed by atoms with Crippen molar-refractivity contribution in [2.24, 2.45) is 0 Å². The van der Waals surface area contributed by atoms with Gasteiger partial charge < -0.3 is 5.32 Å². The number of piperazine rings is 1. The van der Waals surface area contributed by atoms with Crippen LogP contribution in [0.4, 0.5) is 16.0 Å². The molecule has 0 spiro atoms. The van der Waals surface area contributed by atoms with Crippen LogP contribution in [0.15, 0.2) is 79.3 Å². The fourth-order valence-corrected chi connectivity index (χ4v) is 4.76. The molecule has 2 aromatic heterocycles. The third-order valence-electron chi connectivity index (χ3n) is 7.07. The second-order valence-corrected chi connectivity index (χ2v) is 9.89. The van der Waals surface area contributed by atoms with Crippen LogP contribution in [0.5, 0.6) is 0 Å². The topological polar surface area (TPSA) is 74.2 Å². The molecule has 4 aromatic rings. The Morgan fingerprint density at radius 3 is 2.46 bits per heavy atom. The van der Waals surface area contributed by atoms with Crippen LogP contribution in [-0.2, 0) is 13.0 Å². The molecule has 8 heteroatoms. The number of carbonyl (C=O) groups is 1. The summed E-state index contributed by atoms with van der Waals surface area (Å²) in [6.07, 6.45) is 5.53. The van der Waals surface area contributed by atoms with Gasteiger partial charge in [-0.1, -0.05) is 36.4 Å². The van der Waals surface area contributed by atoms with Crippen molar-refractivity contribution < 1.29 is 9.18 Å². The number of halogens is 1. The molecule has 1 N–H and O–H groups in total. The molecule has 1 saturated heterocycles. The molecular formula is C31H33FN6O. The van der Waals surface area contributed by atoms with Gasteiger partial charge in [-0.05, 0) is 47.9 Å². The normalized spacial score (nSPS) is 14.3. The zero-order chi connectivity index (χ0) is 27.0. The minimum absolute atomic E-state index is 0.0750. The van der Waals surface area contributed by atoms with Crippen molar-refractivity contribution in [2.75, 3.05) is 44.7 Å². The van der Waals surface area contributed by atoms with Crippen LogP contribution in [-0.4, -0.2) is 69.9 Å². The third kappa shape index (κ3) is 7.10. The number of aryl methyl sites for hydroxylation is 1. The number of nitrogens with zero attached hydrogens (tertiary/aromatic N) is 5. The van der Waals surface area contributed by atoms with Gasteiger partial charge in [0, 0.05) is 81.1 Å². The molecule has 0 aliphatic carbocycles. The first-order valence-corrected chi connectivity index (χ1v) is 13.3. The summed E-state index contributed by atoms with van der Waals surface area (Å²) < 4.78 is 12.6. The first-order valence-electron chi connectivity index (χ1n) is 13.3. The summed E-state index contributed by atoms with van der Waals surface area (Å²) >= 11 is 0. The van der Waals surface area contributed by atoms with E-state index in [2.05, 4.69) is 30.1 Å². The zero-order valence-corrected chi connectivity index (χ0v) is 22.2. The largest absolute Gasteiger partial charge is 0.324 e. The van der Waals surface area contributed by atoms with Crippen molar-refractivity contribution in [3.8, 4) is 11.3 Å². The predicted octanol–water partition coefficient (Wildman–Crippen LogP) is 5.10. The number of hydrogen-bond acceptors (Lipinski definition) is 7. The minimum atomic E-state index is -0.287. The molecule has 0 amide bonds. The Morgan fingerprint density at radius 1 is 0.949 bits per heavy atom. The highest BCUT2D eigenvalue weighted by Gasteiger charge is 2.17. The minimum Gasteiger partial charge on any atom is -0.324 e. The average molecular weight is 525 g/mol. The fraction of sp³-hybridized carbons (Fsp3) is 0.290. The molecule has 0 saturated carbocycles. The first kappa shape index (κ1) is 26.6. The Bertz CT molecular complexity index is 1390. The summed E-state index contributed by atoms with van der Waals surface area (Å²) in [6.45, 7) is 6.76. The molecule has 2 aromatic carbocycles. The molecule has 3 heterocycles. The van der Waals surface area contributed by atoms with Gasteiger partial charge in [0.2, 0.25) is 5.95 Å². The van der Waals surface area contributed by atoms with Gasteiger partial charge in [-0.25, -0.2) is 14.4 Å². The molecular weight excluding hydrogens is 491 g/mol. The van der Waals surface area contributed by atoms with Gasteiger partial charge in [0.1, 0.15) is 6.67 Å². The van der Waals surface area contributed by atoms with Crippen LogP contribution in [0.25, 0.3) is 11.3 Å². The zero-order valence-electron chi connectivity index (χ0n) is 22.2. The molecule has 1 aliphatic rings. The maximum atomic E-state index is 13.1. The summed E-state index contributed by atoms with van der Waals surface area (Å²) in [5, 5.41) is 3.31. The number of nitrogens with one attached hydrogen (secondary N) is 1. The van der Waals surface area contributed by atoms with Crippen molar-refractivity contribution in [1.29, 1.82) is 0 Å². The Hall–Kier alpha value is -4.01. The van der Waals surface area contributed by atoms with Crippen LogP contribution in [0.1, 0.15) is 27.0 Å². The lowest BCUT2D eigenvalue weighted by molar-refractivity contribution is 0.0993. The van der Waals surface area contributed by atoms with E-state index in [0.29, 0.717) is 24.5 Å². The monoisotopic (exact) mass is 524 g/mol. The number of ketones is 1. The van der Waals surface area contributed by atoms with Gasteiger partial charge in [0.05, 0.1) is 5.69 Å². The maximum absolute atomic E-state index is 13.1. The lowest BCUT2D eigenvalue weighted by Crippen LogP contribution is -2.46. The predicted molar refractivity (Wildman–Crippen MR) is 152 cm³/mol. The number of anilines is 2. The molecule has 0 radical (unpaired) electrons. The van der Waals surface area contributed by atoms with Crippen molar-refractivity contribution in [1.82, 2.24) is 24.8 Å². The van der Waals surface area contributed by atoms with Crippen LogP contribution < -0.4 is 5.32 Å². The van der Waals surface area contributed by atoms with Gasteiger partial charge in [-0.15, -0.1) is 0 Å². The second-order valence-electron chi connectivity index (χ2n) is 9.89. The second kappa shape index (κ2) is 12.7. The van der Waals surface area contributed by atoms with E-state index in [9.17, 15) is 9.18 Å². The van der Waals surface area contributed by atoms with Gasteiger partial charge in [0.25, 0.3) is 0 Å². The quantitative estimate of drug-likeness (QED) is 0.289. The highest BCUT2D eigenvalue weighted by Crippen LogP contribution is 2.23. The maximum Gasteiger partial charge on any atom is 0.227 e. The number of rotatable bonds is 10. The molecule has 5 rings (SSSR count). The van der Waals surface area contributed by atoms with E-state index >= 15 is 0 Å². The third-order valence-corrected chi connectivity index (χ3v) is 7.07. The smallest absolute Gasteiger partial charge is 0.227 e. The van der Waals surface area contributed by atoms with E-state index in [4.69, 9.17) is 0 Å². The van der Waals surface area contributed by atoms with Crippen LogP contribution in [0, 0.1) is 6.92 Å². The Morgan fingerprint density at radius 2 is 1.72 bits per heavy atom. The number of alkyl halides is 1. The molecule has 0 unspecified atom stereocenters. The van der Waals surface area contributed by atoms with E-state index in [1.54, 1.807) is 18.6 Å². The SMILES string of the molecule is Cc1ccc(CC(=O)c2ccc(CN3CCN(CCF)CC3)cc2)cc1Nc1nccc(-c2cccnc2)n1. The van der Waals surface area contributed by atoms with E-state index in [1.807, 2.05) is 67.6 Å². The Kier molecular flexibility index (Phi) is 8.65. The summed E-state index contributed by atoms with van der Waals surface area (Å²) in [5.41, 5.74) is 6.41. The lowest BCUT2D eigenvalue weighted by Gasteiger charge is -2.34. The number of pyridine rings is 1. The highest BCUT2D eigenvalue weighted by molar-refractivity contribution is 5.97. The molecule has 7 nitrogen and oxygen atoms in total. The molecule has 1 fully saturated rings. The lowest BCUT2D eigenvalue weighted by atomic mass is 10.00. The Balaban J connectivity index is 1.20. The number of hydrogen-bond donors (Lipinski definition) is 1. The number of benzene rings is 2. The molecule has 39 heavy (non-hydrogen) atoms. The van der Waals surface area contributed by atoms with Crippen molar-refractivity contribution >= 4 is 17.4 Å². The van der Waals surface area contributed by atoms with Crippen molar-refractivity contribution in [3.63, 3.8) is 0 Å². The van der Waals surface area contributed by atoms with Crippen LogP contribution in [0.2, 0.25) is 0 Å². The molecule has 200 valence electrons. The summed E-state index contributed by atoms with van der Waals surface area (Å²) in [4.78, 5) is 30.8.